The van der Waals surface area contributed by atoms with Gasteiger partial charge in [-0.15, -0.1) is 11.3 Å². The van der Waals surface area contributed by atoms with Gasteiger partial charge in [-0.2, -0.15) is 0 Å². The van der Waals surface area contributed by atoms with Gasteiger partial charge in [-0.1, -0.05) is 24.3 Å². The topological polar surface area (TPSA) is 17.1 Å². The number of halogens is 3. The van der Waals surface area contributed by atoms with Crippen LogP contribution >= 0.6 is 27.3 Å². The first-order chi connectivity index (χ1) is 10.6. The lowest BCUT2D eigenvalue weighted by atomic mass is 10.1. The molecule has 22 heavy (non-hydrogen) atoms. The summed E-state index contributed by atoms with van der Waals surface area (Å²) in [4.78, 5) is 12.8. The van der Waals surface area contributed by atoms with Crippen molar-refractivity contribution in [3.63, 3.8) is 0 Å². The van der Waals surface area contributed by atoms with Crippen molar-refractivity contribution < 1.29 is 8.78 Å². The Morgan fingerprint density at radius 2 is 1.64 bits per heavy atom. The van der Waals surface area contributed by atoms with Gasteiger partial charge >= 0.3 is 0 Å². The van der Waals surface area contributed by atoms with E-state index in [-0.39, 0.29) is 16.2 Å². The Kier molecular flexibility index (Phi) is 3.03. The number of hydrogen-bond acceptors (Lipinski definition) is 2. The molecule has 0 fully saturated rings. The Balaban J connectivity index is 2.56. The maximum absolute atomic E-state index is 14.5. The largest absolute Gasteiger partial charge is 0.289 e. The monoisotopic (exact) mass is 376 g/mol. The smallest absolute Gasteiger partial charge is 0.194 e. The molecule has 0 saturated carbocycles. The molecule has 1 heterocycles. The third kappa shape index (κ3) is 1.76. The van der Waals surface area contributed by atoms with Gasteiger partial charge in [-0.25, -0.2) is 8.78 Å². The predicted molar refractivity (Wildman–Crippen MR) is 90.7 cm³/mol. The summed E-state index contributed by atoms with van der Waals surface area (Å²) < 4.78 is 29.6. The van der Waals surface area contributed by atoms with Crippen LogP contribution in [-0.4, -0.2) is 0 Å². The highest BCUT2D eigenvalue weighted by atomic mass is 79.9. The van der Waals surface area contributed by atoms with Crippen molar-refractivity contribution in [1.29, 1.82) is 0 Å². The molecule has 0 aliphatic carbocycles. The Hall–Kier alpha value is -1.85. The van der Waals surface area contributed by atoms with E-state index >= 15 is 0 Å². The lowest BCUT2D eigenvalue weighted by molar-refractivity contribution is 0.517. The van der Waals surface area contributed by atoms with E-state index in [4.69, 9.17) is 0 Å². The number of rotatable bonds is 0. The SMILES string of the molecule is O=c1c2ccccc2c2scc(Br)c2c2c(F)c(F)ccc12. The molecule has 0 amide bonds. The summed E-state index contributed by atoms with van der Waals surface area (Å²) in [6.45, 7) is 0. The Labute approximate surface area is 135 Å². The minimum Gasteiger partial charge on any atom is -0.289 e. The summed E-state index contributed by atoms with van der Waals surface area (Å²) in [7, 11) is 0. The van der Waals surface area contributed by atoms with E-state index in [0.29, 0.717) is 15.2 Å². The van der Waals surface area contributed by atoms with E-state index in [1.54, 1.807) is 12.1 Å². The van der Waals surface area contributed by atoms with Crippen LogP contribution in [0.3, 0.4) is 0 Å². The summed E-state index contributed by atoms with van der Waals surface area (Å²) in [6.07, 6.45) is 0. The lowest BCUT2D eigenvalue weighted by Crippen LogP contribution is -2.00. The van der Waals surface area contributed by atoms with Crippen LogP contribution in [0.25, 0.3) is 31.6 Å². The van der Waals surface area contributed by atoms with Crippen LogP contribution in [0.1, 0.15) is 0 Å². The highest BCUT2D eigenvalue weighted by Crippen LogP contribution is 2.39. The average Bonchev–Trinajstić information content (AvgIpc) is 2.85. The zero-order chi connectivity index (χ0) is 15.4. The zero-order valence-corrected chi connectivity index (χ0v) is 13.4. The Bertz CT molecular complexity index is 1130. The fraction of sp³-hybridized carbons (Fsp3) is 0. The fourth-order valence-electron chi connectivity index (χ4n) is 2.78. The second-order valence-corrected chi connectivity index (χ2v) is 6.68. The van der Waals surface area contributed by atoms with Gasteiger partial charge in [0, 0.05) is 41.5 Å². The van der Waals surface area contributed by atoms with Crippen molar-refractivity contribution in [2.75, 3.05) is 0 Å². The van der Waals surface area contributed by atoms with Crippen LogP contribution in [-0.2, 0) is 0 Å². The van der Waals surface area contributed by atoms with Crippen molar-refractivity contribution in [1.82, 2.24) is 0 Å². The van der Waals surface area contributed by atoms with Crippen molar-refractivity contribution in [2.45, 2.75) is 0 Å². The maximum Gasteiger partial charge on any atom is 0.194 e. The standard InChI is InChI=1S/C17H7BrF2OS/c18-11-7-22-17-9-4-2-1-3-8(9)16(21)10-5-6-12(19)15(20)13(10)14(11)17/h1-7H. The third-order valence-corrected chi connectivity index (χ3v) is 5.69. The second kappa shape index (κ2) is 4.83. The normalized spacial score (nSPS) is 11.6. The molecule has 0 aliphatic heterocycles. The van der Waals surface area contributed by atoms with Crippen molar-refractivity contribution in [3.05, 3.63) is 68.1 Å². The molecule has 0 atom stereocenters. The third-order valence-electron chi connectivity index (χ3n) is 3.75. The van der Waals surface area contributed by atoms with E-state index in [1.165, 1.54) is 17.4 Å². The molecule has 0 bridgehead atoms. The van der Waals surface area contributed by atoms with E-state index in [2.05, 4.69) is 15.9 Å². The quantitative estimate of drug-likeness (QED) is 0.389. The molecule has 3 aromatic carbocycles. The average molecular weight is 377 g/mol. The molecule has 0 spiro atoms. The minimum atomic E-state index is -0.987. The van der Waals surface area contributed by atoms with Crippen LogP contribution in [0.15, 0.2) is 51.0 Å². The predicted octanol–water partition coefficient (Wildman–Crippen LogP) is 5.61. The number of hydrogen-bond donors (Lipinski definition) is 0. The molecule has 4 rings (SSSR count). The molecule has 1 aromatic heterocycles. The van der Waals surface area contributed by atoms with Crippen molar-refractivity contribution in [3.8, 4) is 0 Å². The van der Waals surface area contributed by atoms with Crippen LogP contribution in [0.5, 0.6) is 0 Å². The van der Waals surface area contributed by atoms with Gasteiger partial charge in [0.25, 0.3) is 0 Å². The summed E-state index contributed by atoms with van der Waals surface area (Å²) in [5.41, 5.74) is -0.292. The molecule has 0 aliphatic rings. The lowest BCUT2D eigenvalue weighted by Gasteiger charge is -1.98. The Morgan fingerprint density at radius 3 is 2.41 bits per heavy atom. The van der Waals surface area contributed by atoms with E-state index in [0.717, 1.165) is 16.2 Å². The van der Waals surface area contributed by atoms with Gasteiger partial charge in [0.2, 0.25) is 0 Å². The van der Waals surface area contributed by atoms with Crippen LogP contribution < -0.4 is 5.43 Å². The van der Waals surface area contributed by atoms with Crippen molar-refractivity contribution >= 4 is 58.9 Å². The van der Waals surface area contributed by atoms with Gasteiger partial charge in [0.15, 0.2) is 17.1 Å². The molecule has 4 aromatic rings. The number of thiophene rings is 1. The molecule has 5 heteroatoms. The first kappa shape index (κ1) is 13.8. The van der Waals surface area contributed by atoms with Gasteiger partial charge in [-0.05, 0) is 28.1 Å². The fourth-order valence-corrected chi connectivity index (χ4v) is 4.56. The summed E-state index contributed by atoms with van der Waals surface area (Å²) in [6, 6.07) is 9.49. The molecule has 0 N–H and O–H groups in total. The van der Waals surface area contributed by atoms with Gasteiger partial charge in [0.05, 0.1) is 0 Å². The molecule has 108 valence electrons. The molecule has 0 radical (unpaired) electrons. The van der Waals surface area contributed by atoms with E-state index in [1.807, 2.05) is 17.5 Å². The first-order valence-corrected chi connectivity index (χ1v) is 8.16. The number of benzene rings is 2. The van der Waals surface area contributed by atoms with Gasteiger partial charge in [-0.3, -0.25) is 4.79 Å². The van der Waals surface area contributed by atoms with Crippen molar-refractivity contribution in [2.24, 2.45) is 0 Å². The molecular formula is C17H7BrF2OS. The highest BCUT2D eigenvalue weighted by Gasteiger charge is 2.17. The maximum atomic E-state index is 14.5. The summed E-state index contributed by atoms with van der Waals surface area (Å²) in [5.74, 6) is -1.94. The summed E-state index contributed by atoms with van der Waals surface area (Å²) in [5, 5.41) is 3.83. The highest BCUT2D eigenvalue weighted by molar-refractivity contribution is 9.10. The first-order valence-electron chi connectivity index (χ1n) is 6.49. The zero-order valence-electron chi connectivity index (χ0n) is 11.0. The molecule has 0 saturated heterocycles. The van der Waals surface area contributed by atoms with Crippen LogP contribution in [0, 0.1) is 11.6 Å². The second-order valence-electron chi connectivity index (χ2n) is 4.95. The van der Waals surface area contributed by atoms with Crippen LogP contribution in [0.4, 0.5) is 8.78 Å². The van der Waals surface area contributed by atoms with Gasteiger partial charge < -0.3 is 0 Å². The molecule has 1 nitrogen and oxygen atoms in total. The van der Waals surface area contributed by atoms with E-state index < -0.39 is 11.6 Å². The summed E-state index contributed by atoms with van der Waals surface area (Å²) >= 11 is 4.80. The number of fused-ring (bicyclic) bond motifs is 5. The molecular weight excluding hydrogens is 370 g/mol. The van der Waals surface area contributed by atoms with Gasteiger partial charge in [0.1, 0.15) is 0 Å². The molecule has 0 unspecified atom stereocenters. The Morgan fingerprint density at radius 1 is 0.909 bits per heavy atom. The van der Waals surface area contributed by atoms with Crippen LogP contribution in [0.2, 0.25) is 0 Å². The minimum absolute atomic E-state index is 0.0318. The van der Waals surface area contributed by atoms with E-state index in [9.17, 15) is 13.6 Å².